The molecule has 8 atom stereocenters. The van der Waals surface area contributed by atoms with Gasteiger partial charge in [0, 0.05) is 6.61 Å². The van der Waals surface area contributed by atoms with Crippen LogP contribution in [0.4, 0.5) is 0 Å². The molecule has 0 aromatic rings. The monoisotopic (exact) mass is 456 g/mol. The Hall–Kier alpha value is -0.300. The quantitative estimate of drug-likeness (QED) is 0.314. The van der Waals surface area contributed by atoms with Crippen LogP contribution in [0.2, 0.25) is 0 Å². The third kappa shape index (κ3) is 5.15. The Morgan fingerprint density at radius 2 is 1.64 bits per heavy atom. The zero-order valence-corrected chi connectivity index (χ0v) is 23.3. The van der Waals surface area contributed by atoms with Crippen molar-refractivity contribution in [3.63, 3.8) is 0 Å². The summed E-state index contributed by atoms with van der Waals surface area (Å²) in [5.41, 5.74) is 2.85. The van der Waals surface area contributed by atoms with E-state index in [4.69, 9.17) is 4.74 Å². The smallest absolute Gasteiger partial charge is 0.0612 e. The van der Waals surface area contributed by atoms with Gasteiger partial charge >= 0.3 is 0 Å². The van der Waals surface area contributed by atoms with Crippen molar-refractivity contribution in [3.05, 3.63) is 11.6 Å². The highest BCUT2D eigenvalue weighted by molar-refractivity contribution is 5.25. The number of fused-ring (bicyclic) bond motifs is 5. The van der Waals surface area contributed by atoms with E-state index in [0.717, 1.165) is 48.0 Å². The molecule has 0 spiro atoms. The Kier molecular flexibility index (Phi) is 8.09. The Labute approximate surface area is 206 Å². The third-order valence-corrected chi connectivity index (χ3v) is 11.3. The summed E-state index contributed by atoms with van der Waals surface area (Å²) in [6, 6.07) is 0. The average molecular weight is 457 g/mol. The van der Waals surface area contributed by atoms with Gasteiger partial charge in [0.05, 0.1) is 6.10 Å². The van der Waals surface area contributed by atoms with Gasteiger partial charge in [-0.05, 0) is 110 Å². The second-order valence-electron chi connectivity index (χ2n) is 14.2. The van der Waals surface area contributed by atoms with E-state index in [9.17, 15) is 0 Å². The van der Waals surface area contributed by atoms with Gasteiger partial charge < -0.3 is 4.74 Å². The van der Waals surface area contributed by atoms with E-state index in [1.165, 1.54) is 77.0 Å². The molecule has 0 radical (unpaired) electrons. The molecule has 190 valence electrons. The summed E-state index contributed by atoms with van der Waals surface area (Å²) in [7, 11) is 0. The molecule has 0 aromatic carbocycles. The van der Waals surface area contributed by atoms with Gasteiger partial charge in [-0.15, -0.1) is 0 Å². The molecule has 8 unspecified atom stereocenters. The molecule has 3 saturated carbocycles. The maximum atomic E-state index is 6.36. The molecule has 0 N–H and O–H groups in total. The first-order valence-electron chi connectivity index (χ1n) is 15.0. The lowest BCUT2D eigenvalue weighted by Gasteiger charge is -2.58. The van der Waals surface area contributed by atoms with Gasteiger partial charge in [-0.3, -0.25) is 0 Å². The molecule has 33 heavy (non-hydrogen) atoms. The van der Waals surface area contributed by atoms with Crippen molar-refractivity contribution >= 4 is 0 Å². The van der Waals surface area contributed by atoms with Gasteiger partial charge in [0.2, 0.25) is 0 Å². The van der Waals surface area contributed by atoms with Crippen LogP contribution in [0.5, 0.6) is 0 Å². The highest BCUT2D eigenvalue weighted by Gasteiger charge is 2.59. The molecule has 4 aliphatic rings. The molecule has 0 aliphatic heterocycles. The first-order valence-corrected chi connectivity index (χ1v) is 15.0. The van der Waals surface area contributed by atoms with Crippen molar-refractivity contribution in [1.29, 1.82) is 0 Å². The number of allylic oxidation sites excluding steroid dienone is 1. The number of hydrogen-bond donors (Lipinski definition) is 0. The van der Waals surface area contributed by atoms with Crippen molar-refractivity contribution < 1.29 is 4.74 Å². The summed E-state index contributed by atoms with van der Waals surface area (Å²) in [6.45, 7) is 18.3. The van der Waals surface area contributed by atoms with Crippen LogP contribution in [0.3, 0.4) is 0 Å². The van der Waals surface area contributed by atoms with E-state index >= 15 is 0 Å². The molecule has 4 rings (SSSR count). The molecule has 1 nitrogen and oxygen atoms in total. The summed E-state index contributed by atoms with van der Waals surface area (Å²) in [4.78, 5) is 0. The summed E-state index contributed by atoms with van der Waals surface area (Å²) in [6.07, 6.45) is 19.9. The number of hydrogen-bond acceptors (Lipinski definition) is 1. The second kappa shape index (κ2) is 10.4. The van der Waals surface area contributed by atoms with Gasteiger partial charge in [-0.1, -0.05) is 79.4 Å². The minimum atomic E-state index is 0.461. The highest BCUT2D eigenvalue weighted by Crippen LogP contribution is 2.67. The predicted molar refractivity (Wildman–Crippen MR) is 142 cm³/mol. The topological polar surface area (TPSA) is 9.23 Å². The lowest BCUT2D eigenvalue weighted by Crippen LogP contribution is -2.51. The Morgan fingerprint density at radius 3 is 2.36 bits per heavy atom. The van der Waals surface area contributed by atoms with Crippen LogP contribution in [0, 0.1) is 52.3 Å². The molecule has 0 heterocycles. The second-order valence-corrected chi connectivity index (χ2v) is 14.2. The van der Waals surface area contributed by atoms with Crippen LogP contribution in [0.1, 0.15) is 126 Å². The van der Waals surface area contributed by atoms with Crippen molar-refractivity contribution in [2.75, 3.05) is 6.61 Å². The normalized spacial score (nSPS) is 41.5. The van der Waals surface area contributed by atoms with E-state index in [1.54, 1.807) is 5.57 Å². The van der Waals surface area contributed by atoms with Crippen LogP contribution in [0.15, 0.2) is 11.6 Å². The zero-order chi connectivity index (χ0) is 23.8. The van der Waals surface area contributed by atoms with Gasteiger partial charge in [-0.25, -0.2) is 0 Å². The standard InChI is InChI=1S/C32H56O/c1-22(2)9-8-10-24(5)28-13-14-29-27-12-11-25-21-26(33-20-17-23(3)4)15-18-31(25,6)30(27)16-19-32(28,29)7/h11,22-24,26-30H,8-10,12-21H2,1-7H3. The molecule has 0 aromatic heterocycles. The van der Waals surface area contributed by atoms with Gasteiger partial charge in [0.25, 0.3) is 0 Å². The summed E-state index contributed by atoms with van der Waals surface area (Å²) >= 11 is 0. The lowest BCUT2D eigenvalue weighted by molar-refractivity contribution is -0.0644. The van der Waals surface area contributed by atoms with E-state index in [-0.39, 0.29) is 0 Å². The van der Waals surface area contributed by atoms with E-state index < -0.39 is 0 Å². The largest absolute Gasteiger partial charge is 0.378 e. The van der Waals surface area contributed by atoms with Crippen LogP contribution >= 0.6 is 0 Å². The Bertz CT molecular complexity index is 676. The summed E-state index contributed by atoms with van der Waals surface area (Å²) < 4.78 is 6.36. The number of rotatable bonds is 9. The molecule has 4 aliphatic carbocycles. The fourth-order valence-electron chi connectivity index (χ4n) is 9.26. The number of ether oxygens (including phenoxy) is 1. The molecular formula is C32H56O. The Balaban J connectivity index is 1.41. The summed E-state index contributed by atoms with van der Waals surface area (Å²) in [5, 5.41) is 0. The fourth-order valence-corrected chi connectivity index (χ4v) is 9.26. The Morgan fingerprint density at radius 1 is 0.879 bits per heavy atom. The first kappa shape index (κ1) is 25.8. The molecule has 0 saturated heterocycles. The van der Waals surface area contributed by atoms with E-state index in [1.807, 2.05) is 0 Å². The minimum absolute atomic E-state index is 0.461. The predicted octanol–water partition coefficient (Wildman–Crippen LogP) is 9.46. The maximum Gasteiger partial charge on any atom is 0.0612 e. The van der Waals surface area contributed by atoms with Crippen LogP contribution in [0.25, 0.3) is 0 Å². The van der Waals surface area contributed by atoms with Crippen LogP contribution in [-0.2, 0) is 4.74 Å². The molecule has 3 fully saturated rings. The fraction of sp³-hybridized carbons (Fsp3) is 0.938. The van der Waals surface area contributed by atoms with Crippen LogP contribution < -0.4 is 0 Å². The van der Waals surface area contributed by atoms with Gasteiger partial charge in [-0.2, -0.15) is 0 Å². The van der Waals surface area contributed by atoms with E-state index in [0.29, 0.717) is 16.9 Å². The molecule has 0 amide bonds. The van der Waals surface area contributed by atoms with Crippen LogP contribution in [-0.4, -0.2) is 12.7 Å². The lowest BCUT2D eigenvalue weighted by atomic mass is 9.47. The van der Waals surface area contributed by atoms with E-state index in [2.05, 4.69) is 54.5 Å². The van der Waals surface area contributed by atoms with Crippen molar-refractivity contribution in [2.24, 2.45) is 52.3 Å². The minimum Gasteiger partial charge on any atom is -0.378 e. The van der Waals surface area contributed by atoms with Gasteiger partial charge in [0.1, 0.15) is 0 Å². The first-order chi connectivity index (χ1) is 15.6. The summed E-state index contributed by atoms with van der Waals surface area (Å²) in [5.74, 6) is 6.35. The molecular weight excluding hydrogens is 400 g/mol. The third-order valence-electron chi connectivity index (χ3n) is 11.3. The van der Waals surface area contributed by atoms with Crippen molar-refractivity contribution in [1.82, 2.24) is 0 Å². The van der Waals surface area contributed by atoms with Crippen molar-refractivity contribution in [2.45, 2.75) is 132 Å². The maximum absolute atomic E-state index is 6.36. The molecule has 1 heteroatoms. The molecule has 0 bridgehead atoms. The van der Waals surface area contributed by atoms with Crippen molar-refractivity contribution in [3.8, 4) is 0 Å². The SMILES string of the molecule is CC(C)CCCC(C)C1CCC2C3CC=C4CC(OCCC(C)C)CCC4(C)C3CCC12C. The van der Waals surface area contributed by atoms with Gasteiger partial charge in [0.15, 0.2) is 0 Å². The highest BCUT2D eigenvalue weighted by atomic mass is 16.5. The average Bonchev–Trinajstić information content (AvgIpc) is 3.10. The zero-order valence-electron chi connectivity index (χ0n) is 23.3.